The van der Waals surface area contributed by atoms with Gasteiger partial charge in [0, 0.05) is 5.02 Å². The van der Waals surface area contributed by atoms with Crippen molar-refractivity contribution in [2.75, 3.05) is 0 Å². The normalized spacial score (nSPS) is 10.5. The smallest absolute Gasteiger partial charge is 0.267 e. The van der Waals surface area contributed by atoms with Crippen molar-refractivity contribution in [2.24, 2.45) is 0 Å². The molecule has 0 unspecified atom stereocenters. The molecular weight excluding hydrogens is 262 g/mol. The van der Waals surface area contributed by atoms with Gasteiger partial charge in [0.1, 0.15) is 0 Å². The predicted molar refractivity (Wildman–Crippen MR) is 73.6 cm³/mol. The first-order chi connectivity index (χ1) is 9.22. The lowest BCUT2D eigenvalue weighted by Crippen LogP contribution is -2.19. The van der Waals surface area contributed by atoms with Crippen LogP contribution in [0.4, 0.5) is 0 Å². The van der Waals surface area contributed by atoms with Crippen LogP contribution in [0.3, 0.4) is 0 Å². The Balaban J connectivity index is 2.41. The van der Waals surface area contributed by atoms with Gasteiger partial charge in [-0.05, 0) is 36.4 Å². The highest BCUT2D eigenvalue weighted by molar-refractivity contribution is 6.30. The molecule has 19 heavy (non-hydrogen) atoms. The van der Waals surface area contributed by atoms with Crippen LogP contribution in [0, 0.1) is 11.5 Å². The second-order valence-electron chi connectivity index (χ2n) is 4.02. The largest absolute Gasteiger partial charge is 0.280 e. The molecule has 0 spiro atoms. The molecule has 0 amide bonds. The van der Waals surface area contributed by atoms with Gasteiger partial charge >= 0.3 is 0 Å². The molecule has 0 saturated heterocycles. The Morgan fingerprint density at radius 2 is 1.74 bits per heavy atom. The Morgan fingerprint density at radius 1 is 1.05 bits per heavy atom. The predicted octanol–water partition coefficient (Wildman–Crippen LogP) is 2.77. The van der Waals surface area contributed by atoms with Gasteiger partial charge in [0.2, 0.25) is 6.19 Å². The summed E-state index contributed by atoms with van der Waals surface area (Å²) >= 11 is 5.83. The molecule has 5 heteroatoms. The van der Waals surface area contributed by atoms with E-state index in [2.05, 4.69) is 0 Å². The molecule has 0 aliphatic heterocycles. The highest BCUT2D eigenvalue weighted by Gasteiger charge is 2.13. The fourth-order valence-electron chi connectivity index (χ4n) is 2.07. The third-order valence-corrected chi connectivity index (χ3v) is 3.17. The number of fused-ring (bicyclic) bond motifs is 1. The summed E-state index contributed by atoms with van der Waals surface area (Å²) in [5.74, 6) is 0. The van der Waals surface area contributed by atoms with Crippen molar-refractivity contribution in [1.82, 2.24) is 9.36 Å². The zero-order valence-electron chi connectivity index (χ0n) is 9.75. The molecule has 3 aromatic rings. The fourth-order valence-corrected chi connectivity index (χ4v) is 2.19. The zero-order valence-corrected chi connectivity index (χ0v) is 10.5. The molecule has 1 aromatic heterocycles. The molecule has 92 valence electrons. The molecule has 2 aromatic carbocycles. The number of hydrogen-bond acceptors (Lipinski definition) is 2. The highest BCUT2D eigenvalue weighted by Crippen LogP contribution is 2.16. The van der Waals surface area contributed by atoms with Crippen molar-refractivity contribution < 1.29 is 0 Å². The SMILES string of the molecule is N#Cn1c2ccccc2c(=O)n1-c1ccc(Cl)cc1. The number of nitriles is 1. The maximum Gasteiger partial charge on any atom is 0.280 e. The van der Waals surface area contributed by atoms with Crippen LogP contribution < -0.4 is 5.56 Å². The van der Waals surface area contributed by atoms with Gasteiger partial charge in [-0.1, -0.05) is 23.7 Å². The summed E-state index contributed by atoms with van der Waals surface area (Å²) in [6, 6.07) is 13.8. The van der Waals surface area contributed by atoms with Crippen LogP contribution in [-0.4, -0.2) is 9.36 Å². The van der Waals surface area contributed by atoms with Crippen molar-refractivity contribution in [3.05, 3.63) is 63.9 Å². The van der Waals surface area contributed by atoms with E-state index in [0.29, 0.717) is 21.6 Å². The molecule has 0 fully saturated rings. The monoisotopic (exact) mass is 269 g/mol. The summed E-state index contributed by atoms with van der Waals surface area (Å²) in [6.07, 6.45) is 2.02. The molecular formula is C14H8ClN3O. The average Bonchev–Trinajstić information content (AvgIpc) is 2.73. The molecule has 0 radical (unpaired) electrons. The lowest BCUT2D eigenvalue weighted by Gasteiger charge is -2.04. The molecule has 0 N–H and O–H groups in total. The van der Waals surface area contributed by atoms with Gasteiger partial charge in [0.05, 0.1) is 16.6 Å². The minimum atomic E-state index is -0.223. The maximum atomic E-state index is 12.4. The molecule has 4 nitrogen and oxygen atoms in total. The van der Waals surface area contributed by atoms with E-state index >= 15 is 0 Å². The standard InChI is InChI=1S/C14H8ClN3O/c15-10-5-7-11(8-6-10)18-14(19)12-3-1-2-4-13(12)17(18)9-16/h1-8H. The van der Waals surface area contributed by atoms with E-state index in [4.69, 9.17) is 11.6 Å². The molecule has 0 bridgehead atoms. The molecule has 0 atom stereocenters. The van der Waals surface area contributed by atoms with E-state index in [-0.39, 0.29) is 5.56 Å². The Kier molecular flexibility index (Phi) is 2.62. The second kappa shape index (κ2) is 4.30. The number of nitrogens with zero attached hydrogens (tertiary/aromatic N) is 3. The first-order valence-electron chi connectivity index (χ1n) is 5.61. The topological polar surface area (TPSA) is 50.7 Å². The van der Waals surface area contributed by atoms with Gasteiger partial charge in [0.25, 0.3) is 5.56 Å². The quantitative estimate of drug-likeness (QED) is 0.682. The van der Waals surface area contributed by atoms with Crippen LogP contribution in [0.2, 0.25) is 5.02 Å². The molecule has 3 rings (SSSR count). The lowest BCUT2D eigenvalue weighted by atomic mass is 10.2. The summed E-state index contributed by atoms with van der Waals surface area (Å²) in [5, 5.41) is 10.4. The summed E-state index contributed by atoms with van der Waals surface area (Å²) < 4.78 is 2.61. The van der Waals surface area contributed by atoms with Crippen molar-refractivity contribution in [1.29, 1.82) is 5.26 Å². The van der Waals surface area contributed by atoms with E-state index < -0.39 is 0 Å². The third kappa shape index (κ3) is 1.72. The third-order valence-electron chi connectivity index (χ3n) is 2.92. The molecule has 0 saturated carbocycles. The molecule has 1 heterocycles. The zero-order chi connectivity index (χ0) is 13.4. The van der Waals surface area contributed by atoms with Crippen LogP contribution >= 0.6 is 11.6 Å². The molecule has 0 aliphatic carbocycles. The number of rotatable bonds is 1. The van der Waals surface area contributed by atoms with Gasteiger partial charge in [-0.15, -0.1) is 0 Å². The van der Waals surface area contributed by atoms with E-state index in [0.717, 1.165) is 0 Å². The van der Waals surface area contributed by atoms with Gasteiger partial charge < -0.3 is 0 Å². The lowest BCUT2D eigenvalue weighted by molar-refractivity contribution is 0.753. The second-order valence-corrected chi connectivity index (χ2v) is 4.46. The van der Waals surface area contributed by atoms with Crippen LogP contribution in [0.1, 0.15) is 0 Å². The Morgan fingerprint density at radius 3 is 2.42 bits per heavy atom. The number of para-hydroxylation sites is 1. The summed E-state index contributed by atoms with van der Waals surface area (Å²) in [4.78, 5) is 12.4. The van der Waals surface area contributed by atoms with Crippen molar-refractivity contribution in [3.8, 4) is 11.9 Å². The number of halogens is 1. The maximum absolute atomic E-state index is 12.4. The van der Waals surface area contributed by atoms with Crippen molar-refractivity contribution in [3.63, 3.8) is 0 Å². The van der Waals surface area contributed by atoms with Crippen molar-refractivity contribution >= 4 is 22.5 Å². The summed E-state index contributed by atoms with van der Waals surface area (Å²) in [7, 11) is 0. The number of hydrogen-bond donors (Lipinski definition) is 0. The van der Waals surface area contributed by atoms with Crippen LogP contribution in [-0.2, 0) is 0 Å². The van der Waals surface area contributed by atoms with Gasteiger partial charge in [-0.2, -0.15) is 9.94 Å². The summed E-state index contributed by atoms with van der Waals surface area (Å²) in [6.45, 7) is 0. The van der Waals surface area contributed by atoms with Crippen LogP contribution in [0.25, 0.3) is 16.6 Å². The van der Waals surface area contributed by atoms with E-state index in [1.807, 2.05) is 6.19 Å². The fraction of sp³-hybridized carbons (Fsp3) is 0. The van der Waals surface area contributed by atoms with Crippen LogP contribution in [0.5, 0.6) is 0 Å². The first-order valence-corrected chi connectivity index (χ1v) is 5.99. The minimum Gasteiger partial charge on any atom is -0.267 e. The Hall–Kier alpha value is -2.51. The van der Waals surface area contributed by atoms with Gasteiger partial charge in [0.15, 0.2) is 0 Å². The van der Waals surface area contributed by atoms with E-state index in [9.17, 15) is 10.1 Å². The van der Waals surface area contributed by atoms with Gasteiger partial charge in [-0.3, -0.25) is 4.79 Å². The number of aromatic nitrogens is 2. The first kappa shape index (κ1) is 11.6. The van der Waals surface area contributed by atoms with Gasteiger partial charge in [-0.25, -0.2) is 4.68 Å². The van der Waals surface area contributed by atoms with E-state index in [1.165, 1.54) is 9.36 Å². The van der Waals surface area contributed by atoms with Crippen molar-refractivity contribution in [2.45, 2.75) is 0 Å². The Bertz CT molecular complexity index is 853. The average molecular weight is 270 g/mol. The van der Waals surface area contributed by atoms with E-state index in [1.54, 1.807) is 48.5 Å². The number of benzene rings is 2. The summed E-state index contributed by atoms with van der Waals surface area (Å²) in [5.41, 5.74) is 0.969. The Labute approximate surface area is 113 Å². The van der Waals surface area contributed by atoms with Crippen LogP contribution in [0.15, 0.2) is 53.3 Å². The minimum absolute atomic E-state index is 0.223. The highest BCUT2D eigenvalue weighted by atomic mass is 35.5. The molecule has 0 aliphatic rings.